The number of nitrogens with zero attached hydrogens (tertiary/aromatic N) is 2. The first-order valence-corrected chi connectivity index (χ1v) is 12.3. The molecule has 0 saturated carbocycles. The molecule has 3 aromatic rings. The van der Waals surface area contributed by atoms with E-state index in [0.29, 0.717) is 44.7 Å². The van der Waals surface area contributed by atoms with Gasteiger partial charge in [0.15, 0.2) is 5.78 Å². The van der Waals surface area contributed by atoms with Gasteiger partial charge in [0.05, 0.1) is 5.56 Å². The summed E-state index contributed by atoms with van der Waals surface area (Å²) in [5.41, 5.74) is 1.57. The van der Waals surface area contributed by atoms with Gasteiger partial charge in [-0.15, -0.1) is 12.4 Å². The van der Waals surface area contributed by atoms with E-state index in [0.717, 1.165) is 11.6 Å². The van der Waals surface area contributed by atoms with E-state index in [1.807, 2.05) is 18.2 Å². The van der Waals surface area contributed by atoms with E-state index in [2.05, 4.69) is 4.90 Å². The predicted octanol–water partition coefficient (Wildman–Crippen LogP) is 4.40. The number of hydrogen-bond donors (Lipinski definition) is 1. The van der Waals surface area contributed by atoms with Crippen LogP contribution in [0.2, 0.25) is 0 Å². The van der Waals surface area contributed by atoms with Crippen LogP contribution in [-0.4, -0.2) is 72.0 Å². The van der Waals surface area contributed by atoms with Gasteiger partial charge in [0.1, 0.15) is 30.1 Å². The van der Waals surface area contributed by atoms with Gasteiger partial charge in [0, 0.05) is 44.7 Å². The largest absolute Gasteiger partial charge is 0.490 e. The van der Waals surface area contributed by atoms with Crippen molar-refractivity contribution in [1.82, 2.24) is 9.80 Å². The number of hydrogen-bond acceptors (Lipinski definition) is 5. The minimum Gasteiger partial charge on any atom is -0.490 e. The van der Waals surface area contributed by atoms with Gasteiger partial charge < -0.3 is 14.7 Å². The number of carbonyl (C=O) groups excluding carboxylic acids is 2. The monoisotopic (exact) mass is 544 g/mol. The molecule has 1 aliphatic heterocycles. The molecule has 9 heteroatoms. The number of aryl methyl sites for hydroxylation is 1. The number of ether oxygens (including phenoxy) is 1. The van der Waals surface area contributed by atoms with Crippen LogP contribution < -0.4 is 4.74 Å². The number of ketones is 1. The van der Waals surface area contributed by atoms with Crippen molar-refractivity contribution in [2.75, 3.05) is 39.3 Å². The Bertz CT molecular complexity index is 1200. The predicted molar refractivity (Wildman–Crippen MR) is 143 cm³/mol. The molecule has 3 aromatic carbocycles. The van der Waals surface area contributed by atoms with Gasteiger partial charge in [-0.1, -0.05) is 30.3 Å². The zero-order valence-electron chi connectivity index (χ0n) is 20.9. The number of Topliss-reactive ketones (excluding diaryl/α,β-unsaturated/α-hetero) is 1. The lowest BCUT2D eigenvalue weighted by molar-refractivity contribution is 0.0401. The summed E-state index contributed by atoms with van der Waals surface area (Å²) >= 11 is 0. The molecule has 1 amide bonds. The molecule has 1 aliphatic rings. The Morgan fingerprint density at radius 1 is 0.895 bits per heavy atom. The minimum atomic E-state index is -0.830. The molecule has 1 N–H and O–H groups in total. The fraction of sp³-hybridized carbons (Fsp3) is 0.310. The minimum absolute atomic E-state index is 0. The molecule has 0 radical (unpaired) electrons. The van der Waals surface area contributed by atoms with Crippen molar-refractivity contribution < 1.29 is 28.2 Å². The molecule has 1 unspecified atom stereocenters. The molecule has 0 aromatic heterocycles. The van der Waals surface area contributed by atoms with Crippen molar-refractivity contribution >= 4 is 24.1 Å². The smallest absolute Gasteiger partial charge is 0.253 e. The second-order valence-corrected chi connectivity index (χ2v) is 9.11. The second-order valence-electron chi connectivity index (χ2n) is 9.11. The third-order valence-corrected chi connectivity index (χ3v) is 6.38. The van der Waals surface area contributed by atoms with E-state index in [-0.39, 0.29) is 54.3 Å². The lowest BCUT2D eigenvalue weighted by Crippen LogP contribution is -2.51. The number of carbonyl (C=O) groups is 2. The maximum absolute atomic E-state index is 13.9. The molecule has 1 saturated heterocycles. The Labute approximate surface area is 227 Å². The van der Waals surface area contributed by atoms with Crippen LogP contribution in [0.1, 0.15) is 32.7 Å². The summed E-state index contributed by atoms with van der Waals surface area (Å²) < 4.78 is 32.7. The van der Waals surface area contributed by atoms with E-state index in [1.165, 1.54) is 24.3 Å². The average Bonchev–Trinajstić information content (AvgIpc) is 2.92. The summed E-state index contributed by atoms with van der Waals surface area (Å²) in [6.07, 6.45) is -0.334. The maximum Gasteiger partial charge on any atom is 0.253 e. The van der Waals surface area contributed by atoms with Crippen LogP contribution in [0.5, 0.6) is 5.75 Å². The highest BCUT2D eigenvalue weighted by Gasteiger charge is 2.24. The van der Waals surface area contributed by atoms with Gasteiger partial charge >= 0.3 is 0 Å². The van der Waals surface area contributed by atoms with Crippen molar-refractivity contribution in [3.05, 3.63) is 101 Å². The Kier molecular flexibility index (Phi) is 10.8. The third kappa shape index (κ3) is 8.08. The van der Waals surface area contributed by atoms with Gasteiger partial charge in [-0.05, 0) is 54.4 Å². The zero-order chi connectivity index (χ0) is 26.2. The van der Waals surface area contributed by atoms with Gasteiger partial charge in [-0.2, -0.15) is 0 Å². The molecule has 1 fully saturated rings. The number of benzene rings is 3. The lowest BCUT2D eigenvalue weighted by Gasteiger charge is -2.35. The van der Waals surface area contributed by atoms with Crippen LogP contribution >= 0.6 is 12.4 Å². The normalized spacial score (nSPS) is 14.4. The van der Waals surface area contributed by atoms with Crippen molar-refractivity contribution in [3.63, 3.8) is 0 Å². The molecular formula is C29H31ClF2N2O4. The second kappa shape index (κ2) is 14.0. The standard InChI is InChI=1S/C29H30F2N2O4.ClH/c30-23-9-6-21(7-10-23)8-12-27(35)26-18-24(31)11-13-28(26)37-20-25(34)19-32-14-16-33(17-15-32)29(36)22-4-2-1-3-5-22;/h1-7,9-11,13,18,25,34H,8,12,14-17,19-20H2;1H. The van der Waals surface area contributed by atoms with Gasteiger partial charge in [-0.25, -0.2) is 8.78 Å². The number of aliphatic hydroxyl groups is 1. The summed E-state index contributed by atoms with van der Waals surface area (Å²) in [7, 11) is 0. The molecule has 6 nitrogen and oxygen atoms in total. The molecule has 0 spiro atoms. The number of β-amino-alcohol motifs (C(OH)–C–C–N with tert-alkyl or cyclic N) is 1. The van der Waals surface area contributed by atoms with Crippen LogP contribution in [0.15, 0.2) is 72.8 Å². The molecule has 4 rings (SSSR count). The summed E-state index contributed by atoms with van der Waals surface area (Å²) in [5.74, 6) is -0.995. The Morgan fingerprint density at radius 2 is 1.55 bits per heavy atom. The molecule has 202 valence electrons. The Hall–Kier alpha value is -3.33. The van der Waals surface area contributed by atoms with Gasteiger partial charge in [0.25, 0.3) is 5.91 Å². The first kappa shape index (κ1) is 29.2. The van der Waals surface area contributed by atoms with E-state index >= 15 is 0 Å². The summed E-state index contributed by atoms with van der Waals surface area (Å²) in [5, 5.41) is 10.5. The van der Waals surface area contributed by atoms with Crippen LogP contribution in [0.4, 0.5) is 8.78 Å². The molecule has 0 aliphatic carbocycles. The Balaban J connectivity index is 0.00000400. The van der Waals surface area contributed by atoms with Gasteiger partial charge in [-0.3, -0.25) is 14.5 Å². The van der Waals surface area contributed by atoms with Crippen LogP contribution in [0.25, 0.3) is 0 Å². The number of aliphatic hydroxyl groups excluding tert-OH is 1. The van der Waals surface area contributed by atoms with Crippen molar-refractivity contribution in [1.29, 1.82) is 0 Å². The third-order valence-electron chi connectivity index (χ3n) is 6.38. The summed E-state index contributed by atoms with van der Waals surface area (Å²) in [4.78, 5) is 29.3. The first-order chi connectivity index (χ1) is 17.9. The lowest BCUT2D eigenvalue weighted by atomic mass is 10.0. The van der Waals surface area contributed by atoms with E-state index in [9.17, 15) is 23.5 Å². The fourth-order valence-electron chi connectivity index (χ4n) is 4.32. The SMILES string of the molecule is Cl.O=C(CCc1ccc(F)cc1)c1cc(F)ccc1OCC(O)CN1CCN(C(=O)c2ccccc2)CC1. The average molecular weight is 545 g/mol. The summed E-state index contributed by atoms with van der Waals surface area (Å²) in [6, 6.07) is 18.8. The molecular weight excluding hydrogens is 514 g/mol. The van der Waals surface area contributed by atoms with Crippen molar-refractivity contribution in [2.24, 2.45) is 0 Å². The number of halogens is 3. The van der Waals surface area contributed by atoms with Crippen LogP contribution in [0, 0.1) is 11.6 Å². The van der Waals surface area contributed by atoms with Crippen molar-refractivity contribution in [3.8, 4) is 5.75 Å². The first-order valence-electron chi connectivity index (χ1n) is 12.3. The molecule has 0 bridgehead atoms. The number of rotatable bonds is 10. The van der Waals surface area contributed by atoms with Crippen LogP contribution in [0.3, 0.4) is 0 Å². The highest BCUT2D eigenvalue weighted by Crippen LogP contribution is 2.23. The highest BCUT2D eigenvalue weighted by molar-refractivity contribution is 5.98. The Morgan fingerprint density at radius 3 is 2.24 bits per heavy atom. The summed E-state index contributed by atoms with van der Waals surface area (Å²) in [6.45, 7) is 2.66. The highest BCUT2D eigenvalue weighted by atomic mass is 35.5. The number of amides is 1. The number of piperazine rings is 1. The molecule has 1 heterocycles. The van der Waals surface area contributed by atoms with E-state index in [1.54, 1.807) is 29.2 Å². The topological polar surface area (TPSA) is 70.1 Å². The zero-order valence-corrected chi connectivity index (χ0v) is 21.7. The van der Waals surface area contributed by atoms with Crippen LogP contribution in [-0.2, 0) is 6.42 Å². The van der Waals surface area contributed by atoms with E-state index in [4.69, 9.17) is 4.74 Å². The fourth-order valence-corrected chi connectivity index (χ4v) is 4.32. The molecule has 1 atom stereocenters. The van der Waals surface area contributed by atoms with E-state index < -0.39 is 11.9 Å². The van der Waals surface area contributed by atoms with Crippen molar-refractivity contribution in [2.45, 2.75) is 18.9 Å². The molecule has 38 heavy (non-hydrogen) atoms. The van der Waals surface area contributed by atoms with Gasteiger partial charge in [0.2, 0.25) is 0 Å². The quantitative estimate of drug-likeness (QED) is 0.383. The maximum atomic E-state index is 13.9.